The molecule has 2 heterocycles. The third-order valence-electron chi connectivity index (χ3n) is 3.55. The number of aromatic nitrogens is 3. The summed E-state index contributed by atoms with van der Waals surface area (Å²) in [6.07, 6.45) is 2.26. The Kier molecular flexibility index (Phi) is 4.67. The van der Waals surface area contributed by atoms with E-state index in [1.54, 1.807) is 23.9 Å². The molecule has 23 heavy (non-hydrogen) atoms. The van der Waals surface area contributed by atoms with Crippen LogP contribution in [0.5, 0.6) is 5.75 Å². The van der Waals surface area contributed by atoms with Crippen molar-refractivity contribution < 1.29 is 13.5 Å². The molecule has 0 N–H and O–H groups in total. The monoisotopic (exact) mass is 402 g/mol. The van der Waals surface area contributed by atoms with Gasteiger partial charge in [-0.05, 0) is 42.7 Å². The van der Waals surface area contributed by atoms with Gasteiger partial charge in [-0.1, -0.05) is 11.8 Å². The van der Waals surface area contributed by atoms with Crippen molar-refractivity contribution in [2.24, 2.45) is 5.10 Å². The molecule has 0 atom stereocenters. The molecule has 4 rings (SSSR count). The fraction of sp³-hybridized carbons (Fsp3) is 0.357. The van der Waals surface area contributed by atoms with E-state index >= 15 is 0 Å². The molecule has 5 nitrogen and oxygen atoms in total. The van der Waals surface area contributed by atoms with Gasteiger partial charge in [-0.15, -0.1) is 27.2 Å². The zero-order chi connectivity index (χ0) is 15.1. The van der Waals surface area contributed by atoms with Gasteiger partial charge in [0.2, 0.25) is 5.16 Å². The second-order valence-corrected chi connectivity index (χ2v) is 6.11. The summed E-state index contributed by atoms with van der Waals surface area (Å²) in [6, 6.07) is 6.53. The van der Waals surface area contributed by atoms with Gasteiger partial charge < -0.3 is 4.74 Å². The number of halogens is 3. The first kappa shape index (κ1) is 16.4. The molecule has 1 saturated carbocycles. The van der Waals surface area contributed by atoms with Crippen molar-refractivity contribution >= 4 is 34.5 Å². The van der Waals surface area contributed by atoms with Gasteiger partial charge in [0.1, 0.15) is 5.75 Å². The highest BCUT2D eigenvalue weighted by Gasteiger charge is 2.32. The van der Waals surface area contributed by atoms with E-state index < -0.39 is 6.61 Å². The molecule has 2 aliphatic rings. The maximum atomic E-state index is 12.2. The van der Waals surface area contributed by atoms with E-state index in [1.807, 2.05) is 4.68 Å². The molecule has 1 fully saturated rings. The molecule has 1 aliphatic carbocycles. The number of thioether (sulfide) groups is 1. The van der Waals surface area contributed by atoms with Crippen molar-refractivity contribution in [3.8, 4) is 5.75 Å². The lowest BCUT2D eigenvalue weighted by molar-refractivity contribution is -0.0498. The Labute approximate surface area is 145 Å². The van der Waals surface area contributed by atoms with Crippen molar-refractivity contribution in [1.29, 1.82) is 0 Å². The molecule has 1 aromatic carbocycles. The maximum absolute atomic E-state index is 12.2. The Morgan fingerprint density at radius 3 is 2.57 bits per heavy atom. The predicted octanol–water partition coefficient (Wildman–Crippen LogP) is 3.69. The Balaban J connectivity index is 0.00000156. The van der Waals surface area contributed by atoms with Crippen LogP contribution in [0.25, 0.3) is 0 Å². The number of alkyl halides is 2. The first-order valence-electron chi connectivity index (χ1n) is 6.92. The van der Waals surface area contributed by atoms with Crippen LogP contribution >= 0.6 is 28.7 Å². The van der Waals surface area contributed by atoms with Gasteiger partial charge in [0.15, 0.2) is 5.82 Å². The number of hydrogen-bond donors (Lipinski definition) is 0. The second-order valence-electron chi connectivity index (χ2n) is 5.17. The van der Waals surface area contributed by atoms with Crippen LogP contribution in [0, 0.1) is 0 Å². The van der Waals surface area contributed by atoms with Crippen molar-refractivity contribution in [2.45, 2.75) is 30.5 Å². The van der Waals surface area contributed by atoms with E-state index in [4.69, 9.17) is 0 Å². The minimum atomic E-state index is -2.81. The largest absolute Gasteiger partial charge is 0.435 e. The van der Waals surface area contributed by atoms with Crippen LogP contribution in [-0.4, -0.2) is 32.9 Å². The smallest absolute Gasteiger partial charge is 0.387 e. The number of fused-ring (bicyclic) bond motifs is 1. The summed E-state index contributed by atoms with van der Waals surface area (Å²) in [5.41, 5.74) is 1.76. The molecule has 2 aromatic rings. The molecule has 9 heteroatoms. The Morgan fingerprint density at radius 2 is 1.91 bits per heavy atom. The lowest BCUT2D eigenvalue weighted by Gasteiger charge is -2.14. The van der Waals surface area contributed by atoms with Crippen LogP contribution in [-0.2, 0) is 0 Å². The molecule has 122 valence electrons. The van der Waals surface area contributed by atoms with Gasteiger partial charge in [0.25, 0.3) is 0 Å². The minimum Gasteiger partial charge on any atom is -0.435 e. The van der Waals surface area contributed by atoms with E-state index in [0.29, 0.717) is 11.7 Å². The van der Waals surface area contributed by atoms with Gasteiger partial charge in [-0.3, -0.25) is 0 Å². The molecule has 0 bridgehead atoms. The van der Waals surface area contributed by atoms with E-state index in [1.165, 1.54) is 12.1 Å². The molecule has 1 aromatic heterocycles. The van der Waals surface area contributed by atoms with Crippen LogP contribution in [0.1, 0.15) is 30.1 Å². The molecule has 0 saturated heterocycles. The number of benzene rings is 1. The zero-order valence-electron chi connectivity index (χ0n) is 11.9. The van der Waals surface area contributed by atoms with E-state index in [2.05, 4.69) is 20.0 Å². The summed E-state index contributed by atoms with van der Waals surface area (Å²) in [4.78, 5) is 0. The minimum absolute atomic E-state index is 0. The SMILES string of the molecule is Br.FC(F)Oc1ccc(C2=Nn3c(nnc3C3CC3)SC2)cc1. The van der Waals surface area contributed by atoms with Gasteiger partial charge in [0, 0.05) is 11.7 Å². The van der Waals surface area contributed by atoms with Crippen molar-refractivity contribution in [3.05, 3.63) is 35.7 Å². The molecule has 0 spiro atoms. The summed E-state index contributed by atoms with van der Waals surface area (Å²) in [7, 11) is 0. The summed E-state index contributed by atoms with van der Waals surface area (Å²) >= 11 is 1.58. The summed E-state index contributed by atoms with van der Waals surface area (Å²) in [5, 5.41) is 13.8. The lowest BCUT2D eigenvalue weighted by atomic mass is 10.1. The van der Waals surface area contributed by atoms with E-state index in [-0.39, 0.29) is 22.7 Å². The second kappa shape index (κ2) is 6.56. The topological polar surface area (TPSA) is 52.3 Å². The van der Waals surface area contributed by atoms with Crippen molar-refractivity contribution in [1.82, 2.24) is 14.9 Å². The number of ether oxygens (including phenoxy) is 1. The number of nitrogens with zero attached hydrogens (tertiary/aromatic N) is 4. The van der Waals surface area contributed by atoms with Crippen molar-refractivity contribution in [2.75, 3.05) is 5.75 Å². The van der Waals surface area contributed by atoms with Gasteiger partial charge in [0.05, 0.1) is 5.71 Å². The van der Waals surface area contributed by atoms with Crippen LogP contribution in [0.15, 0.2) is 34.5 Å². The highest BCUT2D eigenvalue weighted by Crippen LogP contribution is 2.40. The van der Waals surface area contributed by atoms with Crippen LogP contribution in [0.4, 0.5) is 8.78 Å². The third kappa shape index (κ3) is 3.40. The first-order valence-corrected chi connectivity index (χ1v) is 7.90. The molecular weight excluding hydrogens is 390 g/mol. The predicted molar refractivity (Wildman–Crippen MR) is 88.1 cm³/mol. The van der Waals surface area contributed by atoms with Gasteiger partial charge >= 0.3 is 6.61 Å². The zero-order valence-corrected chi connectivity index (χ0v) is 14.4. The Morgan fingerprint density at radius 1 is 1.17 bits per heavy atom. The fourth-order valence-electron chi connectivity index (χ4n) is 2.31. The average Bonchev–Trinajstić information content (AvgIpc) is 3.27. The molecule has 1 aliphatic heterocycles. The summed E-state index contributed by atoms with van der Waals surface area (Å²) in [5.74, 6) is 2.20. The lowest BCUT2D eigenvalue weighted by Crippen LogP contribution is -2.14. The highest BCUT2D eigenvalue weighted by atomic mass is 79.9. The quantitative estimate of drug-likeness (QED) is 0.782. The fourth-order valence-corrected chi connectivity index (χ4v) is 3.15. The highest BCUT2D eigenvalue weighted by molar-refractivity contribution is 8.93. The molecule has 0 amide bonds. The first-order chi connectivity index (χ1) is 10.7. The molecular formula is C14H13BrF2N4OS. The van der Waals surface area contributed by atoms with Crippen molar-refractivity contribution in [3.63, 3.8) is 0 Å². The van der Waals surface area contributed by atoms with Gasteiger partial charge in [-0.25, -0.2) is 0 Å². The third-order valence-corrected chi connectivity index (χ3v) is 4.48. The Bertz CT molecular complexity index is 731. The molecule has 0 radical (unpaired) electrons. The Hall–Kier alpha value is -1.48. The number of hydrogen-bond acceptors (Lipinski definition) is 5. The van der Waals surface area contributed by atoms with Gasteiger partial charge in [-0.2, -0.15) is 18.6 Å². The number of rotatable bonds is 4. The van der Waals surface area contributed by atoms with Crippen LogP contribution < -0.4 is 4.74 Å². The van der Waals surface area contributed by atoms with E-state index in [9.17, 15) is 8.78 Å². The normalized spacial score (nSPS) is 16.6. The van der Waals surface area contributed by atoms with Crippen LogP contribution in [0.3, 0.4) is 0 Å². The maximum Gasteiger partial charge on any atom is 0.387 e. The average molecular weight is 403 g/mol. The molecule has 0 unspecified atom stereocenters. The van der Waals surface area contributed by atoms with E-state index in [0.717, 1.165) is 35.1 Å². The summed E-state index contributed by atoms with van der Waals surface area (Å²) < 4.78 is 30.5. The standard InChI is InChI=1S/C14H12F2N4OS.BrH/c15-13(16)21-10-5-3-8(4-6-10)11-7-22-14-18-17-12(9-1-2-9)20(14)19-11;/h3-6,9,13H,1-2,7H2;1H. The summed E-state index contributed by atoms with van der Waals surface area (Å²) in [6.45, 7) is -2.81. The van der Waals surface area contributed by atoms with Crippen LogP contribution in [0.2, 0.25) is 0 Å².